The zero-order valence-corrected chi connectivity index (χ0v) is 13.2. The summed E-state index contributed by atoms with van der Waals surface area (Å²) in [5.74, 6) is 1.96. The van der Waals surface area contributed by atoms with E-state index in [-0.39, 0.29) is 5.78 Å². The van der Waals surface area contributed by atoms with Gasteiger partial charge >= 0.3 is 0 Å². The molecule has 3 heteroatoms. The van der Waals surface area contributed by atoms with Gasteiger partial charge in [0.25, 0.3) is 0 Å². The molecular weight excluding hydrogens is 276 g/mol. The smallest absolute Gasteiger partial charge is 0.129 e. The number of benzene rings is 2. The molecule has 116 valence electrons. The molecule has 2 aromatic rings. The van der Waals surface area contributed by atoms with Gasteiger partial charge in [0, 0.05) is 6.42 Å². The fraction of sp³-hybridized carbons (Fsp3) is 0.316. The van der Waals surface area contributed by atoms with Gasteiger partial charge in [0.05, 0.1) is 13.7 Å². The van der Waals surface area contributed by atoms with E-state index in [0.29, 0.717) is 13.0 Å². The highest BCUT2D eigenvalue weighted by molar-refractivity contribution is 5.75. The van der Waals surface area contributed by atoms with Crippen molar-refractivity contribution >= 4 is 5.78 Å². The fourth-order valence-corrected chi connectivity index (χ4v) is 2.19. The molecule has 2 rings (SSSR count). The van der Waals surface area contributed by atoms with Gasteiger partial charge in [-0.1, -0.05) is 24.3 Å². The van der Waals surface area contributed by atoms with Crippen molar-refractivity contribution in [2.75, 3.05) is 13.7 Å². The Bertz CT molecular complexity index is 585. The third-order valence-electron chi connectivity index (χ3n) is 3.47. The van der Waals surface area contributed by atoms with Gasteiger partial charge < -0.3 is 14.3 Å². The van der Waals surface area contributed by atoms with Crippen LogP contribution in [0.3, 0.4) is 0 Å². The molecule has 0 aliphatic rings. The van der Waals surface area contributed by atoms with E-state index in [0.717, 1.165) is 35.5 Å². The Balaban J connectivity index is 1.85. The lowest BCUT2D eigenvalue weighted by Crippen LogP contribution is -1.99. The number of unbranched alkanes of at least 4 members (excludes halogenated alkanes) is 1. The SMILES string of the molecule is COc1ccc(-c2ccc(OCCCCC(C)=O)cc2)cc1. The highest BCUT2D eigenvalue weighted by Crippen LogP contribution is 2.24. The van der Waals surface area contributed by atoms with Crippen LogP contribution in [0.2, 0.25) is 0 Å². The van der Waals surface area contributed by atoms with Crippen LogP contribution in [0.1, 0.15) is 26.2 Å². The summed E-state index contributed by atoms with van der Waals surface area (Å²) in [6, 6.07) is 16.0. The summed E-state index contributed by atoms with van der Waals surface area (Å²) in [6.07, 6.45) is 2.43. The lowest BCUT2D eigenvalue weighted by molar-refractivity contribution is -0.117. The standard InChI is InChI=1S/C19H22O3/c1-15(20)5-3-4-14-22-19-12-8-17(9-13-19)16-6-10-18(21-2)11-7-16/h6-13H,3-5,14H2,1-2H3. The quantitative estimate of drug-likeness (QED) is 0.673. The lowest BCUT2D eigenvalue weighted by atomic mass is 10.1. The molecule has 0 unspecified atom stereocenters. The van der Waals surface area contributed by atoms with E-state index >= 15 is 0 Å². The van der Waals surface area contributed by atoms with Gasteiger partial charge in [0.15, 0.2) is 0 Å². The van der Waals surface area contributed by atoms with Crippen LogP contribution in [-0.4, -0.2) is 19.5 Å². The summed E-state index contributed by atoms with van der Waals surface area (Å²) in [7, 11) is 1.66. The number of carbonyl (C=O) groups excluding carboxylic acids is 1. The first-order valence-corrected chi connectivity index (χ1v) is 7.56. The normalized spacial score (nSPS) is 10.3. The minimum atomic E-state index is 0.240. The lowest BCUT2D eigenvalue weighted by Gasteiger charge is -2.08. The van der Waals surface area contributed by atoms with Crippen molar-refractivity contribution in [3.8, 4) is 22.6 Å². The molecule has 0 bridgehead atoms. The second kappa shape index (κ2) is 8.23. The summed E-state index contributed by atoms with van der Waals surface area (Å²) >= 11 is 0. The average molecular weight is 298 g/mol. The van der Waals surface area contributed by atoms with Crippen LogP contribution in [0, 0.1) is 0 Å². The number of hydrogen-bond donors (Lipinski definition) is 0. The molecule has 0 N–H and O–H groups in total. The molecule has 0 aromatic heterocycles. The van der Waals surface area contributed by atoms with E-state index in [1.807, 2.05) is 48.5 Å². The molecule has 0 amide bonds. The van der Waals surface area contributed by atoms with E-state index < -0.39 is 0 Å². The van der Waals surface area contributed by atoms with Crippen molar-refractivity contribution in [1.82, 2.24) is 0 Å². The predicted octanol–water partition coefficient (Wildman–Crippen LogP) is 4.50. The molecule has 0 saturated carbocycles. The van der Waals surface area contributed by atoms with Crippen LogP contribution in [0.25, 0.3) is 11.1 Å². The third-order valence-corrected chi connectivity index (χ3v) is 3.47. The molecular formula is C19H22O3. The topological polar surface area (TPSA) is 35.5 Å². The highest BCUT2D eigenvalue weighted by atomic mass is 16.5. The summed E-state index contributed by atoms with van der Waals surface area (Å²) in [5.41, 5.74) is 2.29. The number of carbonyl (C=O) groups is 1. The first-order chi connectivity index (χ1) is 10.7. The zero-order valence-electron chi connectivity index (χ0n) is 13.2. The number of Topliss-reactive ketones (excluding diaryl/α,β-unsaturated/α-hetero) is 1. The Labute approximate surface area is 131 Å². The molecule has 0 heterocycles. The predicted molar refractivity (Wildman–Crippen MR) is 88.5 cm³/mol. The molecule has 2 aromatic carbocycles. The van der Waals surface area contributed by atoms with E-state index in [1.54, 1.807) is 14.0 Å². The van der Waals surface area contributed by atoms with E-state index in [4.69, 9.17) is 9.47 Å². The number of methoxy groups -OCH3 is 1. The summed E-state index contributed by atoms with van der Waals surface area (Å²) < 4.78 is 10.8. The van der Waals surface area contributed by atoms with Crippen LogP contribution >= 0.6 is 0 Å². The van der Waals surface area contributed by atoms with Gasteiger partial charge in [0.2, 0.25) is 0 Å². The number of ether oxygens (including phenoxy) is 2. The fourth-order valence-electron chi connectivity index (χ4n) is 2.19. The Morgan fingerprint density at radius 2 is 1.41 bits per heavy atom. The van der Waals surface area contributed by atoms with E-state index in [1.165, 1.54) is 0 Å². The minimum absolute atomic E-state index is 0.240. The molecule has 0 aliphatic heterocycles. The van der Waals surface area contributed by atoms with Crippen molar-refractivity contribution < 1.29 is 14.3 Å². The maximum absolute atomic E-state index is 10.8. The number of hydrogen-bond acceptors (Lipinski definition) is 3. The van der Waals surface area contributed by atoms with Crippen LogP contribution in [0.5, 0.6) is 11.5 Å². The second-order valence-electron chi connectivity index (χ2n) is 5.26. The van der Waals surface area contributed by atoms with Crippen molar-refractivity contribution in [2.45, 2.75) is 26.2 Å². The minimum Gasteiger partial charge on any atom is -0.497 e. The van der Waals surface area contributed by atoms with Gasteiger partial charge in [-0.25, -0.2) is 0 Å². The Kier molecular flexibility index (Phi) is 6.01. The summed E-state index contributed by atoms with van der Waals surface area (Å²) in [4.78, 5) is 10.8. The van der Waals surface area contributed by atoms with Gasteiger partial charge in [-0.05, 0) is 55.2 Å². The molecule has 0 saturated heterocycles. The van der Waals surface area contributed by atoms with Crippen molar-refractivity contribution in [1.29, 1.82) is 0 Å². The first kappa shape index (κ1) is 16.1. The zero-order chi connectivity index (χ0) is 15.8. The monoisotopic (exact) mass is 298 g/mol. The summed E-state index contributed by atoms with van der Waals surface area (Å²) in [6.45, 7) is 2.27. The van der Waals surface area contributed by atoms with Crippen LogP contribution in [0.15, 0.2) is 48.5 Å². The Hall–Kier alpha value is -2.29. The van der Waals surface area contributed by atoms with Gasteiger partial charge in [-0.15, -0.1) is 0 Å². The molecule has 0 atom stereocenters. The van der Waals surface area contributed by atoms with Crippen LogP contribution in [-0.2, 0) is 4.79 Å². The number of rotatable bonds is 8. The molecule has 0 aliphatic carbocycles. The largest absolute Gasteiger partial charge is 0.497 e. The van der Waals surface area contributed by atoms with Crippen LogP contribution < -0.4 is 9.47 Å². The van der Waals surface area contributed by atoms with Crippen LogP contribution in [0.4, 0.5) is 0 Å². The third kappa shape index (κ3) is 4.92. The van der Waals surface area contributed by atoms with Gasteiger partial charge in [-0.3, -0.25) is 0 Å². The van der Waals surface area contributed by atoms with Gasteiger partial charge in [-0.2, -0.15) is 0 Å². The maximum atomic E-state index is 10.8. The van der Waals surface area contributed by atoms with Gasteiger partial charge in [0.1, 0.15) is 17.3 Å². The molecule has 0 spiro atoms. The average Bonchev–Trinajstić information content (AvgIpc) is 2.55. The van der Waals surface area contributed by atoms with Crippen molar-refractivity contribution in [3.05, 3.63) is 48.5 Å². The molecule has 22 heavy (non-hydrogen) atoms. The molecule has 3 nitrogen and oxygen atoms in total. The first-order valence-electron chi connectivity index (χ1n) is 7.56. The number of ketones is 1. The van der Waals surface area contributed by atoms with Crippen molar-refractivity contribution in [3.63, 3.8) is 0 Å². The Morgan fingerprint density at radius 3 is 1.91 bits per heavy atom. The maximum Gasteiger partial charge on any atom is 0.129 e. The van der Waals surface area contributed by atoms with Crippen molar-refractivity contribution in [2.24, 2.45) is 0 Å². The van der Waals surface area contributed by atoms with E-state index in [9.17, 15) is 4.79 Å². The Morgan fingerprint density at radius 1 is 0.864 bits per heavy atom. The highest BCUT2D eigenvalue weighted by Gasteiger charge is 2.00. The van der Waals surface area contributed by atoms with E-state index in [2.05, 4.69) is 0 Å². The summed E-state index contributed by atoms with van der Waals surface area (Å²) in [5, 5.41) is 0. The molecule has 0 radical (unpaired) electrons. The second-order valence-corrected chi connectivity index (χ2v) is 5.26. The molecule has 0 fully saturated rings.